The van der Waals surface area contributed by atoms with Gasteiger partial charge in [-0.1, -0.05) is 13.8 Å². The fourth-order valence-corrected chi connectivity index (χ4v) is 2.30. The van der Waals surface area contributed by atoms with Crippen molar-refractivity contribution in [2.24, 2.45) is 17.3 Å². The van der Waals surface area contributed by atoms with E-state index in [1.807, 2.05) is 6.92 Å². The van der Waals surface area contributed by atoms with E-state index >= 15 is 0 Å². The van der Waals surface area contributed by atoms with Crippen molar-refractivity contribution in [3.8, 4) is 0 Å². The first-order valence-electron chi connectivity index (χ1n) is 5.50. The fourth-order valence-electron chi connectivity index (χ4n) is 2.30. The van der Waals surface area contributed by atoms with Gasteiger partial charge in [0.1, 0.15) is 0 Å². The molecule has 1 aliphatic rings. The molecule has 1 fully saturated rings. The van der Waals surface area contributed by atoms with E-state index in [0.29, 0.717) is 6.54 Å². The maximum Gasteiger partial charge on any atom is 0.307 e. The first-order valence-corrected chi connectivity index (χ1v) is 5.50. The Balaban J connectivity index is 2.72. The van der Waals surface area contributed by atoms with Crippen molar-refractivity contribution in [3.05, 3.63) is 0 Å². The topological polar surface area (TPSA) is 77.8 Å². The molecule has 2 N–H and O–H groups in total. The van der Waals surface area contributed by atoms with E-state index in [1.54, 1.807) is 13.8 Å². The quantitative estimate of drug-likeness (QED) is 0.705. The Kier molecular flexibility index (Phi) is 3.57. The van der Waals surface area contributed by atoms with Crippen LogP contribution in [0.4, 0.5) is 0 Å². The summed E-state index contributed by atoms with van der Waals surface area (Å²) in [6.45, 7) is 6.08. The molecule has 0 aromatic rings. The number of aliphatic hydroxyl groups is 1. The minimum absolute atomic E-state index is 0.0928. The van der Waals surface area contributed by atoms with E-state index in [9.17, 15) is 9.59 Å². The summed E-state index contributed by atoms with van der Waals surface area (Å²) in [5.74, 6) is -2.11. The Labute approximate surface area is 95.1 Å². The Bertz CT molecular complexity index is 300. The summed E-state index contributed by atoms with van der Waals surface area (Å²) in [7, 11) is 0. The van der Waals surface area contributed by atoms with Gasteiger partial charge in [0, 0.05) is 13.1 Å². The van der Waals surface area contributed by atoms with Crippen molar-refractivity contribution in [2.45, 2.75) is 20.8 Å². The van der Waals surface area contributed by atoms with E-state index in [1.165, 1.54) is 4.90 Å². The van der Waals surface area contributed by atoms with Gasteiger partial charge in [0.2, 0.25) is 5.91 Å². The number of likely N-dealkylation sites (N-methyl/N-ethyl adjacent to an activating group) is 1. The maximum absolute atomic E-state index is 12.0. The molecule has 0 unspecified atom stereocenters. The third kappa shape index (κ3) is 2.04. The maximum atomic E-state index is 12.0. The van der Waals surface area contributed by atoms with E-state index in [-0.39, 0.29) is 19.1 Å². The highest BCUT2D eigenvalue weighted by molar-refractivity contribution is 5.91. The Hall–Kier alpha value is -1.10. The molecule has 1 saturated carbocycles. The highest BCUT2D eigenvalue weighted by atomic mass is 16.4. The summed E-state index contributed by atoms with van der Waals surface area (Å²) < 4.78 is 0. The molecule has 2 atom stereocenters. The molecule has 0 spiro atoms. The van der Waals surface area contributed by atoms with Crippen LogP contribution in [0.2, 0.25) is 0 Å². The zero-order valence-corrected chi connectivity index (χ0v) is 9.93. The molecule has 16 heavy (non-hydrogen) atoms. The molecular formula is C11H19NO4. The largest absolute Gasteiger partial charge is 0.481 e. The van der Waals surface area contributed by atoms with Gasteiger partial charge >= 0.3 is 5.97 Å². The molecule has 1 amide bonds. The summed E-state index contributed by atoms with van der Waals surface area (Å²) in [4.78, 5) is 24.5. The summed E-state index contributed by atoms with van der Waals surface area (Å²) in [6, 6.07) is 0. The van der Waals surface area contributed by atoms with Gasteiger partial charge in [-0.25, -0.2) is 0 Å². The molecule has 0 saturated heterocycles. The zero-order valence-electron chi connectivity index (χ0n) is 9.93. The number of amides is 1. The summed E-state index contributed by atoms with van der Waals surface area (Å²) in [5, 5.41) is 17.8. The van der Waals surface area contributed by atoms with Crippen LogP contribution in [-0.4, -0.2) is 46.7 Å². The lowest BCUT2D eigenvalue weighted by atomic mass is 10.1. The lowest BCUT2D eigenvalue weighted by molar-refractivity contribution is -0.142. The molecule has 0 heterocycles. The van der Waals surface area contributed by atoms with Crippen LogP contribution in [0, 0.1) is 17.3 Å². The molecule has 5 heteroatoms. The second-order valence-corrected chi connectivity index (χ2v) is 4.76. The lowest BCUT2D eigenvalue weighted by Gasteiger charge is -2.20. The van der Waals surface area contributed by atoms with Crippen LogP contribution in [0.5, 0.6) is 0 Å². The predicted octanol–water partition coefficient (Wildman–Crippen LogP) is 0.184. The van der Waals surface area contributed by atoms with Gasteiger partial charge in [0.05, 0.1) is 18.4 Å². The number of carbonyl (C=O) groups is 2. The smallest absolute Gasteiger partial charge is 0.307 e. The summed E-state index contributed by atoms with van der Waals surface area (Å²) in [5.41, 5.74) is -0.466. The third-order valence-electron chi connectivity index (χ3n) is 3.42. The van der Waals surface area contributed by atoms with Crippen LogP contribution in [0.3, 0.4) is 0 Å². The molecule has 0 radical (unpaired) electrons. The highest BCUT2D eigenvalue weighted by Gasteiger charge is 2.66. The second-order valence-electron chi connectivity index (χ2n) is 4.76. The Morgan fingerprint density at radius 1 is 1.31 bits per heavy atom. The summed E-state index contributed by atoms with van der Waals surface area (Å²) >= 11 is 0. The van der Waals surface area contributed by atoms with Gasteiger partial charge in [0.25, 0.3) is 0 Å². The molecule has 1 aliphatic carbocycles. The molecule has 0 aliphatic heterocycles. The Morgan fingerprint density at radius 3 is 2.19 bits per heavy atom. The first-order chi connectivity index (χ1) is 7.37. The molecule has 92 valence electrons. The van der Waals surface area contributed by atoms with Crippen LogP contribution in [0.1, 0.15) is 20.8 Å². The van der Waals surface area contributed by atoms with E-state index in [2.05, 4.69) is 0 Å². The van der Waals surface area contributed by atoms with Crippen LogP contribution in [0.25, 0.3) is 0 Å². The lowest BCUT2D eigenvalue weighted by Crippen LogP contribution is -2.35. The third-order valence-corrected chi connectivity index (χ3v) is 3.42. The number of carboxylic acids is 1. The van der Waals surface area contributed by atoms with Crippen LogP contribution < -0.4 is 0 Å². The van der Waals surface area contributed by atoms with Crippen molar-refractivity contribution in [1.29, 1.82) is 0 Å². The van der Waals surface area contributed by atoms with Gasteiger partial charge in [-0.05, 0) is 12.3 Å². The fraction of sp³-hybridized carbons (Fsp3) is 0.818. The summed E-state index contributed by atoms with van der Waals surface area (Å²) in [6.07, 6.45) is 0. The van der Waals surface area contributed by atoms with Crippen LogP contribution in [0.15, 0.2) is 0 Å². The van der Waals surface area contributed by atoms with Gasteiger partial charge in [0.15, 0.2) is 0 Å². The van der Waals surface area contributed by atoms with Crippen LogP contribution in [-0.2, 0) is 9.59 Å². The molecule has 1 rings (SSSR count). The molecule has 0 bridgehead atoms. The van der Waals surface area contributed by atoms with Crippen molar-refractivity contribution in [2.75, 3.05) is 19.7 Å². The number of aliphatic hydroxyl groups excluding tert-OH is 1. The standard InChI is InChI=1S/C11H19NO4/c1-4-12(5-6-13)9(14)7-8(10(15)16)11(7,2)3/h7-8,13H,4-6H2,1-3H3,(H,15,16)/t7-,8+/m1/s1. The number of hydrogen-bond donors (Lipinski definition) is 2. The van der Waals surface area contributed by atoms with Crippen molar-refractivity contribution < 1.29 is 19.8 Å². The number of aliphatic carboxylic acids is 1. The first kappa shape index (κ1) is 13.0. The molecule has 5 nitrogen and oxygen atoms in total. The second kappa shape index (κ2) is 4.41. The monoisotopic (exact) mass is 229 g/mol. The minimum Gasteiger partial charge on any atom is -0.481 e. The minimum atomic E-state index is -0.914. The normalized spacial score (nSPS) is 26.2. The molecule has 0 aromatic heterocycles. The number of hydrogen-bond acceptors (Lipinski definition) is 3. The average molecular weight is 229 g/mol. The number of carboxylic acid groups (broad SMARTS) is 1. The zero-order chi connectivity index (χ0) is 12.5. The average Bonchev–Trinajstić information content (AvgIpc) is 2.77. The molecular weight excluding hydrogens is 210 g/mol. The van der Waals surface area contributed by atoms with Crippen molar-refractivity contribution in [3.63, 3.8) is 0 Å². The van der Waals surface area contributed by atoms with Gasteiger partial charge in [-0.3, -0.25) is 9.59 Å². The van der Waals surface area contributed by atoms with Gasteiger partial charge < -0.3 is 15.1 Å². The Morgan fingerprint density at radius 2 is 1.88 bits per heavy atom. The predicted molar refractivity (Wildman–Crippen MR) is 57.7 cm³/mol. The number of carbonyl (C=O) groups excluding carboxylic acids is 1. The van der Waals surface area contributed by atoms with E-state index in [4.69, 9.17) is 10.2 Å². The van der Waals surface area contributed by atoms with E-state index in [0.717, 1.165) is 0 Å². The van der Waals surface area contributed by atoms with Crippen molar-refractivity contribution >= 4 is 11.9 Å². The van der Waals surface area contributed by atoms with E-state index < -0.39 is 23.2 Å². The van der Waals surface area contributed by atoms with Crippen LogP contribution >= 0.6 is 0 Å². The number of nitrogens with zero attached hydrogens (tertiary/aromatic N) is 1. The highest BCUT2D eigenvalue weighted by Crippen LogP contribution is 2.58. The van der Waals surface area contributed by atoms with Gasteiger partial charge in [-0.15, -0.1) is 0 Å². The van der Waals surface area contributed by atoms with Crippen molar-refractivity contribution in [1.82, 2.24) is 4.90 Å². The number of rotatable bonds is 5. The SMILES string of the molecule is CCN(CCO)C(=O)[C@H]1[C@@H](C(=O)O)C1(C)C. The van der Waals surface area contributed by atoms with Gasteiger partial charge in [-0.2, -0.15) is 0 Å². The molecule has 0 aromatic carbocycles.